The molecule has 7 atom stereocenters. The van der Waals surface area contributed by atoms with Crippen molar-refractivity contribution in [2.24, 2.45) is 23.7 Å². The van der Waals surface area contributed by atoms with Crippen LogP contribution in [0.4, 0.5) is 5.69 Å². The quantitative estimate of drug-likeness (QED) is 0.349. The molecule has 1 saturated carbocycles. The molecule has 0 radical (unpaired) electrons. The standard InChI is InChI=1S/C34H45ClN2O5S/c1-21(2)32-22(3)6-4-8-30(38)27-12-9-25(27)18-37-19-34(15-5-7-23-16-26(35)11-13-28(23)34)20-42-31-14-10-24(17-29(31)37)33(39)36-43(32,40)41/h4,8,10-11,13-14,16-17,21-22,25,27,30,32-33,36,38-39H,5-7,9,12,15,18-20H2,1-3H3/b8-4+/t22-,25+,27-,30+,32-,33?,34+/m1/s1. The van der Waals surface area contributed by atoms with Gasteiger partial charge in [0.25, 0.3) is 0 Å². The number of ether oxygens (including phenoxy) is 1. The van der Waals surface area contributed by atoms with Crippen molar-refractivity contribution in [3.8, 4) is 5.75 Å². The van der Waals surface area contributed by atoms with E-state index >= 15 is 0 Å². The molecule has 1 fully saturated rings. The van der Waals surface area contributed by atoms with Gasteiger partial charge in [0, 0.05) is 23.5 Å². The Balaban J connectivity index is 1.42. The van der Waals surface area contributed by atoms with Gasteiger partial charge in [-0.3, -0.25) is 0 Å². The monoisotopic (exact) mass is 628 g/mol. The molecule has 7 nitrogen and oxygen atoms in total. The molecule has 2 aliphatic carbocycles. The molecule has 2 aliphatic heterocycles. The Bertz CT molecular complexity index is 1480. The smallest absolute Gasteiger partial charge is 0.217 e. The molecule has 2 heterocycles. The Hall–Kier alpha value is -2.10. The zero-order valence-electron chi connectivity index (χ0n) is 25.4. The van der Waals surface area contributed by atoms with Gasteiger partial charge in [-0.25, -0.2) is 8.42 Å². The van der Waals surface area contributed by atoms with E-state index in [-0.39, 0.29) is 23.2 Å². The van der Waals surface area contributed by atoms with E-state index in [2.05, 4.69) is 21.8 Å². The van der Waals surface area contributed by atoms with Gasteiger partial charge < -0.3 is 19.8 Å². The highest BCUT2D eigenvalue weighted by Gasteiger charge is 2.44. The number of hydrogen-bond acceptors (Lipinski definition) is 6. The van der Waals surface area contributed by atoms with Gasteiger partial charge in [0.05, 0.1) is 23.6 Å². The molecule has 2 aromatic rings. The molecule has 43 heavy (non-hydrogen) atoms. The minimum atomic E-state index is -3.87. The van der Waals surface area contributed by atoms with E-state index in [9.17, 15) is 18.6 Å². The molecule has 0 amide bonds. The molecule has 4 aliphatic rings. The number of halogens is 1. The lowest BCUT2D eigenvalue weighted by atomic mass is 9.68. The van der Waals surface area contributed by atoms with Crippen molar-refractivity contribution < 1.29 is 23.4 Å². The Morgan fingerprint density at radius 3 is 2.70 bits per heavy atom. The van der Waals surface area contributed by atoms with Crippen LogP contribution in [0.25, 0.3) is 0 Å². The number of aryl methyl sites for hydroxylation is 1. The number of hydrogen-bond donors (Lipinski definition) is 3. The summed E-state index contributed by atoms with van der Waals surface area (Å²) in [5, 5.41) is 22.5. The summed E-state index contributed by atoms with van der Waals surface area (Å²) in [7, 11) is -3.87. The van der Waals surface area contributed by atoms with Crippen LogP contribution < -0.4 is 14.4 Å². The van der Waals surface area contributed by atoms with Crippen LogP contribution in [0.1, 0.15) is 75.8 Å². The van der Waals surface area contributed by atoms with Crippen molar-refractivity contribution >= 4 is 27.3 Å². The highest BCUT2D eigenvalue weighted by molar-refractivity contribution is 7.90. The van der Waals surface area contributed by atoms with Crippen LogP contribution in [0.5, 0.6) is 5.75 Å². The Kier molecular flexibility index (Phi) is 8.63. The molecule has 234 valence electrons. The van der Waals surface area contributed by atoms with Gasteiger partial charge in [0.1, 0.15) is 12.0 Å². The number of fused-ring (bicyclic) bond motifs is 4. The second-order valence-corrected chi connectivity index (χ2v) is 16.0. The molecule has 1 unspecified atom stereocenters. The minimum Gasteiger partial charge on any atom is -0.490 e. The average Bonchev–Trinajstić information content (AvgIpc) is 3.07. The highest BCUT2D eigenvalue weighted by Crippen LogP contribution is 2.47. The summed E-state index contributed by atoms with van der Waals surface area (Å²) in [4.78, 5) is 2.37. The Morgan fingerprint density at radius 1 is 1.14 bits per heavy atom. The lowest BCUT2D eigenvalue weighted by Crippen LogP contribution is -2.49. The first kappa shape index (κ1) is 30.9. The molecular weight excluding hydrogens is 584 g/mol. The molecule has 2 aromatic carbocycles. The summed E-state index contributed by atoms with van der Waals surface area (Å²) in [5.41, 5.74) is 3.64. The van der Waals surface area contributed by atoms with E-state index < -0.39 is 27.6 Å². The molecule has 1 spiro atoms. The number of rotatable bonds is 1. The fourth-order valence-electron chi connectivity index (χ4n) is 8.19. The number of nitrogens with one attached hydrogen (secondary N) is 1. The number of aliphatic hydroxyl groups is 2. The summed E-state index contributed by atoms with van der Waals surface area (Å²) >= 11 is 6.40. The van der Waals surface area contributed by atoms with E-state index in [1.807, 2.05) is 51.1 Å². The topological polar surface area (TPSA) is 99.1 Å². The maximum atomic E-state index is 13.6. The maximum Gasteiger partial charge on any atom is 0.217 e. The summed E-state index contributed by atoms with van der Waals surface area (Å²) in [6.45, 7) is 7.71. The Morgan fingerprint density at radius 2 is 1.95 bits per heavy atom. The van der Waals surface area contributed by atoms with Gasteiger partial charge in [-0.05, 0) is 103 Å². The molecule has 2 bridgehead atoms. The second-order valence-electron chi connectivity index (χ2n) is 13.7. The molecular formula is C34H45ClN2O5S. The lowest BCUT2D eigenvalue weighted by Gasteiger charge is -2.45. The zero-order valence-corrected chi connectivity index (χ0v) is 26.9. The van der Waals surface area contributed by atoms with Crippen molar-refractivity contribution in [2.75, 3.05) is 24.6 Å². The first-order valence-corrected chi connectivity index (χ1v) is 17.7. The third-order valence-corrected chi connectivity index (χ3v) is 13.0. The van der Waals surface area contributed by atoms with Crippen LogP contribution in [0.15, 0.2) is 48.6 Å². The third kappa shape index (κ3) is 5.98. The van der Waals surface area contributed by atoms with Gasteiger partial charge in [-0.1, -0.05) is 56.7 Å². The summed E-state index contributed by atoms with van der Waals surface area (Å²) in [6, 6.07) is 11.7. The predicted octanol–water partition coefficient (Wildman–Crippen LogP) is 5.73. The van der Waals surface area contributed by atoms with Gasteiger partial charge in [0.15, 0.2) is 0 Å². The summed E-state index contributed by atoms with van der Waals surface area (Å²) < 4.78 is 36.4. The summed E-state index contributed by atoms with van der Waals surface area (Å²) in [6.07, 6.45) is 7.38. The number of nitrogens with zero attached hydrogens (tertiary/aromatic N) is 1. The van der Waals surface area contributed by atoms with Gasteiger partial charge in [-0.15, -0.1) is 0 Å². The highest BCUT2D eigenvalue weighted by atomic mass is 35.5. The van der Waals surface area contributed by atoms with Gasteiger partial charge in [0.2, 0.25) is 10.0 Å². The largest absolute Gasteiger partial charge is 0.490 e. The maximum absolute atomic E-state index is 13.6. The third-order valence-electron chi connectivity index (χ3n) is 10.4. The molecule has 0 saturated heterocycles. The van der Waals surface area contributed by atoms with Crippen LogP contribution in [-0.4, -0.2) is 49.7 Å². The van der Waals surface area contributed by atoms with E-state index in [0.29, 0.717) is 24.5 Å². The molecule has 6 rings (SSSR count). The number of aliphatic hydroxyl groups excluding tert-OH is 2. The van der Waals surface area contributed by atoms with Crippen molar-refractivity contribution in [2.45, 2.75) is 82.3 Å². The van der Waals surface area contributed by atoms with Gasteiger partial charge >= 0.3 is 0 Å². The molecule has 9 heteroatoms. The fraction of sp³-hybridized carbons (Fsp3) is 0.588. The predicted molar refractivity (Wildman–Crippen MR) is 171 cm³/mol. The summed E-state index contributed by atoms with van der Waals surface area (Å²) in [5.74, 6) is 0.812. The first-order valence-electron chi connectivity index (χ1n) is 15.8. The van der Waals surface area contributed by atoms with Crippen molar-refractivity contribution in [1.29, 1.82) is 0 Å². The van der Waals surface area contributed by atoms with E-state index in [1.54, 1.807) is 6.07 Å². The Labute approximate surface area is 261 Å². The van der Waals surface area contributed by atoms with Crippen LogP contribution in [0.2, 0.25) is 5.02 Å². The molecule has 0 aromatic heterocycles. The van der Waals surface area contributed by atoms with Crippen molar-refractivity contribution in [3.05, 3.63) is 70.3 Å². The lowest BCUT2D eigenvalue weighted by molar-refractivity contribution is 0.0455. The van der Waals surface area contributed by atoms with Crippen LogP contribution in [0.3, 0.4) is 0 Å². The fourth-order valence-corrected chi connectivity index (χ4v) is 10.4. The normalized spacial score (nSPS) is 34.8. The van der Waals surface area contributed by atoms with Crippen LogP contribution in [0, 0.1) is 23.7 Å². The van der Waals surface area contributed by atoms with Crippen LogP contribution >= 0.6 is 11.6 Å². The van der Waals surface area contributed by atoms with Gasteiger partial charge in [-0.2, -0.15) is 4.72 Å². The number of anilines is 1. The molecule has 3 N–H and O–H groups in total. The van der Waals surface area contributed by atoms with E-state index in [0.717, 1.165) is 61.7 Å². The van der Waals surface area contributed by atoms with Crippen molar-refractivity contribution in [1.82, 2.24) is 4.72 Å². The first-order chi connectivity index (χ1) is 20.5. The van der Waals surface area contributed by atoms with E-state index in [4.69, 9.17) is 16.3 Å². The second kappa shape index (κ2) is 12.0. The zero-order chi connectivity index (χ0) is 30.5. The van der Waals surface area contributed by atoms with E-state index in [1.165, 1.54) is 11.1 Å². The number of sulfonamides is 1. The van der Waals surface area contributed by atoms with Crippen LogP contribution in [-0.2, 0) is 21.9 Å². The van der Waals surface area contributed by atoms with Crippen molar-refractivity contribution in [3.63, 3.8) is 0 Å². The SMILES string of the molecule is CC(C)[C@@H]1[C@H](C)C/C=C/[C@H](O)[C@@H]2CC[C@H]2CN2C[C@@]3(CCCc4cc(Cl)ccc43)COc3ccc(cc32)C(O)NS1(=O)=O. The number of benzene rings is 2. The average molecular weight is 629 g/mol. The number of allylic oxidation sites excluding steroid dienone is 1. The minimum absolute atomic E-state index is 0.139.